The van der Waals surface area contributed by atoms with Crippen molar-refractivity contribution in [2.24, 2.45) is 0 Å². The van der Waals surface area contributed by atoms with Gasteiger partial charge in [-0.05, 0) is 56.0 Å². The van der Waals surface area contributed by atoms with Crippen LogP contribution in [0.2, 0.25) is 0 Å². The number of carbonyl (C=O) groups is 2. The van der Waals surface area contributed by atoms with Crippen molar-refractivity contribution >= 4 is 17.5 Å². The number of hydrogen-bond donors (Lipinski definition) is 2. The van der Waals surface area contributed by atoms with Gasteiger partial charge in [-0.3, -0.25) is 9.59 Å². The third kappa shape index (κ3) is 5.12. The van der Waals surface area contributed by atoms with Crippen LogP contribution in [0.3, 0.4) is 0 Å². The van der Waals surface area contributed by atoms with Crippen LogP contribution in [0.1, 0.15) is 53.6 Å². The molecule has 3 rings (SSSR count). The summed E-state index contributed by atoms with van der Waals surface area (Å²) >= 11 is 0. The van der Waals surface area contributed by atoms with E-state index in [9.17, 15) is 9.59 Å². The molecule has 5 nitrogen and oxygen atoms in total. The number of aryl methyl sites for hydroxylation is 1. The van der Waals surface area contributed by atoms with Crippen LogP contribution in [-0.2, 0) is 4.79 Å². The number of para-hydroxylation sites is 1. The molecular weight excluding hydrogens is 352 g/mol. The van der Waals surface area contributed by atoms with E-state index in [0.717, 1.165) is 36.8 Å². The van der Waals surface area contributed by atoms with Crippen molar-refractivity contribution in [1.29, 1.82) is 0 Å². The topological polar surface area (TPSA) is 67.4 Å². The summed E-state index contributed by atoms with van der Waals surface area (Å²) in [4.78, 5) is 25.1. The van der Waals surface area contributed by atoms with Crippen LogP contribution in [-0.4, -0.2) is 24.5 Å². The van der Waals surface area contributed by atoms with Gasteiger partial charge in [-0.2, -0.15) is 0 Å². The van der Waals surface area contributed by atoms with Crippen LogP contribution >= 0.6 is 0 Å². The van der Waals surface area contributed by atoms with Gasteiger partial charge in [0, 0.05) is 6.04 Å². The van der Waals surface area contributed by atoms with Gasteiger partial charge in [-0.15, -0.1) is 0 Å². The molecule has 0 spiro atoms. The van der Waals surface area contributed by atoms with E-state index in [2.05, 4.69) is 10.6 Å². The van der Waals surface area contributed by atoms with Gasteiger partial charge in [0.1, 0.15) is 5.75 Å². The third-order valence-electron chi connectivity index (χ3n) is 5.30. The summed E-state index contributed by atoms with van der Waals surface area (Å²) in [5.74, 6) is 0.260. The molecule has 0 radical (unpaired) electrons. The SMILES string of the molecule is Cc1cccc(OCC(=O)Nc2ccccc2C(=O)NC2CCCCC2)c1C. The number of hydrogen-bond acceptors (Lipinski definition) is 3. The summed E-state index contributed by atoms with van der Waals surface area (Å²) in [6.45, 7) is 3.86. The molecular formula is C23H28N2O3. The summed E-state index contributed by atoms with van der Waals surface area (Å²) in [5, 5.41) is 5.91. The second-order valence-electron chi connectivity index (χ2n) is 7.39. The highest BCUT2D eigenvalue weighted by Gasteiger charge is 2.19. The Morgan fingerprint density at radius 3 is 2.54 bits per heavy atom. The molecule has 1 saturated carbocycles. The van der Waals surface area contributed by atoms with Crippen molar-refractivity contribution in [3.8, 4) is 5.75 Å². The highest BCUT2D eigenvalue weighted by molar-refractivity contribution is 6.04. The maximum Gasteiger partial charge on any atom is 0.262 e. The molecule has 5 heteroatoms. The minimum Gasteiger partial charge on any atom is -0.483 e. The van der Waals surface area contributed by atoms with E-state index in [4.69, 9.17) is 4.74 Å². The maximum atomic E-state index is 12.7. The maximum absolute atomic E-state index is 12.7. The van der Waals surface area contributed by atoms with Gasteiger partial charge in [0.25, 0.3) is 11.8 Å². The lowest BCUT2D eigenvalue weighted by Crippen LogP contribution is -2.36. The van der Waals surface area contributed by atoms with Crippen molar-refractivity contribution in [1.82, 2.24) is 5.32 Å². The smallest absolute Gasteiger partial charge is 0.262 e. The van der Waals surface area contributed by atoms with Crippen LogP contribution in [0.4, 0.5) is 5.69 Å². The standard InChI is InChI=1S/C23H28N2O3/c1-16-9-8-14-21(17(16)2)28-15-22(26)25-20-13-7-6-12-19(20)23(27)24-18-10-4-3-5-11-18/h6-9,12-14,18H,3-5,10-11,15H2,1-2H3,(H,24,27)(H,25,26). The molecule has 0 atom stereocenters. The third-order valence-corrected chi connectivity index (χ3v) is 5.30. The fourth-order valence-corrected chi connectivity index (χ4v) is 3.51. The van der Waals surface area contributed by atoms with Crippen LogP contribution in [0, 0.1) is 13.8 Å². The molecule has 0 bridgehead atoms. The molecule has 2 aromatic rings. The van der Waals surface area contributed by atoms with Crippen molar-refractivity contribution in [2.45, 2.75) is 52.0 Å². The average molecular weight is 380 g/mol. The summed E-state index contributed by atoms with van der Waals surface area (Å²) in [7, 11) is 0. The Morgan fingerprint density at radius 2 is 1.75 bits per heavy atom. The largest absolute Gasteiger partial charge is 0.483 e. The van der Waals surface area contributed by atoms with Gasteiger partial charge >= 0.3 is 0 Å². The van der Waals surface area contributed by atoms with Gasteiger partial charge in [0.05, 0.1) is 11.3 Å². The molecule has 28 heavy (non-hydrogen) atoms. The van der Waals surface area contributed by atoms with E-state index in [0.29, 0.717) is 17.0 Å². The second-order valence-corrected chi connectivity index (χ2v) is 7.39. The molecule has 0 saturated heterocycles. The molecule has 0 aliphatic heterocycles. The average Bonchev–Trinajstić information content (AvgIpc) is 2.70. The van der Waals surface area contributed by atoms with E-state index in [1.165, 1.54) is 6.42 Å². The first-order valence-electron chi connectivity index (χ1n) is 9.93. The Balaban J connectivity index is 1.61. The van der Waals surface area contributed by atoms with E-state index >= 15 is 0 Å². The lowest BCUT2D eigenvalue weighted by molar-refractivity contribution is -0.118. The molecule has 1 aliphatic carbocycles. The second kappa shape index (κ2) is 9.40. The van der Waals surface area contributed by atoms with Crippen LogP contribution in [0.5, 0.6) is 5.75 Å². The van der Waals surface area contributed by atoms with Gasteiger partial charge < -0.3 is 15.4 Å². The first-order chi connectivity index (χ1) is 13.5. The summed E-state index contributed by atoms with van der Waals surface area (Å²) in [6.07, 6.45) is 5.57. The molecule has 0 aromatic heterocycles. The van der Waals surface area contributed by atoms with Crippen molar-refractivity contribution < 1.29 is 14.3 Å². The molecule has 2 N–H and O–H groups in total. The quantitative estimate of drug-likeness (QED) is 0.781. The zero-order chi connectivity index (χ0) is 19.9. The number of rotatable bonds is 6. The van der Waals surface area contributed by atoms with Gasteiger partial charge in [-0.1, -0.05) is 43.5 Å². The lowest BCUT2D eigenvalue weighted by atomic mass is 9.95. The molecule has 2 amide bonds. The molecule has 1 fully saturated rings. The highest BCUT2D eigenvalue weighted by Crippen LogP contribution is 2.22. The van der Waals surface area contributed by atoms with Crippen molar-refractivity contribution in [3.05, 3.63) is 59.2 Å². The van der Waals surface area contributed by atoms with Gasteiger partial charge in [0.2, 0.25) is 0 Å². The first-order valence-corrected chi connectivity index (χ1v) is 9.93. The normalized spacial score (nSPS) is 14.4. The molecule has 0 unspecified atom stereocenters. The number of ether oxygens (including phenoxy) is 1. The monoisotopic (exact) mass is 380 g/mol. The molecule has 0 heterocycles. The number of nitrogens with one attached hydrogen (secondary N) is 2. The fourth-order valence-electron chi connectivity index (χ4n) is 3.51. The number of carbonyl (C=O) groups excluding carboxylic acids is 2. The van der Waals surface area contributed by atoms with Crippen molar-refractivity contribution in [2.75, 3.05) is 11.9 Å². The van der Waals surface area contributed by atoms with Crippen LogP contribution < -0.4 is 15.4 Å². The summed E-state index contributed by atoms with van der Waals surface area (Å²) in [5.41, 5.74) is 3.11. The van der Waals surface area contributed by atoms with Crippen LogP contribution in [0.15, 0.2) is 42.5 Å². The van der Waals surface area contributed by atoms with Crippen LogP contribution in [0.25, 0.3) is 0 Å². The van der Waals surface area contributed by atoms with Gasteiger partial charge in [-0.25, -0.2) is 0 Å². The Hall–Kier alpha value is -2.82. The Labute approximate surface area is 166 Å². The number of anilines is 1. The molecule has 2 aromatic carbocycles. The number of benzene rings is 2. The summed E-state index contributed by atoms with van der Waals surface area (Å²) < 4.78 is 5.66. The molecule has 1 aliphatic rings. The van der Waals surface area contributed by atoms with Gasteiger partial charge in [0.15, 0.2) is 6.61 Å². The highest BCUT2D eigenvalue weighted by atomic mass is 16.5. The predicted molar refractivity (Wildman–Crippen MR) is 111 cm³/mol. The zero-order valence-electron chi connectivity index (χ0n) is 16.6. The predicted octanol–water partition coefficient (Wildman–Crippen LogP) is 4.38. The van der Waals surface area contributed by atoms with E-state index < -0.39 is 0 Å². The van der Waals surface area contributed by atoms with E-state index in [-0.39, 0.29) is 24.5 Å². The minimum absolute atomic E-state index is 0.108. The Bertz CT molecular complexity index is 841. The van der Waals surface area contributed by atoms with Crippen molar-refractivity contribution in [3.63, 3.8) is 0 Å². The minimum atomic E-state index is -0.293. The first kappa shape index (κ1) is 19.9. The molecule has 148 valence electrons. The summed E-state index contributed by atoms with van der Waals surface area (Å²) in [6, 6.07) is 13.1. The van der Waals surface area contributed by atoms with E-state index in [1.807, 2.05) is 32.0 Å². The van der Waals surface area contributed by atoms with E-state index in [1.54, 1.807) is 24.3 Å². The zero-order valence-corrected chi connectivity index (χ0v) is 16.6. The Kier molecular flexibility index (Phi) is 6.69. The lowest BCUT2D eigenvalue weighted by Gasteiger charge is -2.23. The fraction of sp³-hybridized carbons (Fsp3) is 0.391. The Morgan fingerprint density at radius 1 is 1.00 bits per heavy atom. The number of amides is 2.